The number of piperidine rings is 1. The fraction of sp³-hybridized carbons (Fsp3) is 0.517. The number of nitrogens with one attached hydrogen (secondary N) is 1. The second-order valence-corrected chi connectivity index (χ2v) is 12.5. The highest BCUT2D eigenvalue weighted by atomic mass is 35.5. The minimum atomic E-state index is -0.450. The molecule has 2 aliphatic heterocycles. The zero-order chi connectivity index (χ0) is 30.7. The number of piperazine rings is 1. The number of nitrogens with zero attached hydrogens (tertiary/aromatic N) is 7. The maximum Gasteiger partial charge on any atom is 0.350 e. The average Bonchev–Trinajstić information content (AvgIpc) is 3.58. The predicted molar refractivity (Wildman–Crippen MR) is 171 cm³/mol. The van der Waals surface area contributed by atoms with Crippen LogP contribution in [0.1, 0.15) is 53.0 Å². The second kappa shape index (κ2) is 13.7. The second-order valence-electron chi connectivity index (χ2n) is 10.8. The van der Waals surface area contributed by atoms with Gasteiger partial charge in [0.1, 0.15) is 27.8 Å². The van der Waals surface area contributed by atoms with E-state index in [1.807, 2.05) is 0 Å². The van der Waals surface area contributed by atoms with Crippen molar-refractivity contribution in [1.29, 1.82) is 0 Å². The molecule has 0 saturated carbocycles. The van der Waals surface area contributed by atoms with Crippen molar-refractivity contribution >= 4 is 63.6 Å². The number of hydrogen-bond acceptors (Lipinski definition) is 10. The van der Waals surface area contributed by atoms with Crippen molar-refractivity contribution in [3.63, 3.8) is 0 Å². The fourth-order valence-electron chi connectivity index (χ4n) is 5.36. The number of aromatic nitrogens is 4. The molecule has 2 aliphatic rings. The smallest absolute Gasteiger partial charge is 0.350 e. The Kier molecular flexibility index (Phi) is 10.0. The number of aryl methyl sites for hydroxylation is 1. The van der Waals surface area contributed by atoms with Crippen LogP contribution in [0, 0.1) is 18.8 Å². The van der Waals surface area contributed by atoms with Crippen molar-refractivity contribution in [2.75, 3.05) is 62.2 Å². The van der Waals surface area contributed by atoms with Crippen molar-refractivity contribution in [1.82, 2.24) is 24.8 Å². The number of ether oxygens (including phenoxy) is 1. The first kappa shape index (κ1) is 31.4. The number of rotatable bonds is 8. The maximum atomic E-state index is 12.9. The Morgan fingerprint density at radius 2 is 1.88 bits per heavy atom. The van der Waals surface area contributed by atoms with Gasteiger partial charge < -0.3 is 24.4 Å². The summed E-state index contributed by atoms with van der Waals surface area (Å²) in [5, 5.41) is 1.25. The molecule has 0 bridgehead atoms. The van der Waals surface area contributed by atoms with E-state index in [0.717, 1.165) is 50.1 Å². The number of carbonyl (C=O) groups excluding carboxylic acids is 2. The molecule has 0 aliphatic carbocycles. The van der Waals surface area contributed by atoms with Crippen LogP contribution >= 0.6 is 34.5 Å². The van der Waals surface area contributed by atoms with Gasteiger partial charge >= 0.3 is 5.97 Å². The topological polar surface area (TPSA) is 120 Å². The number of carbonyl (C=O) groups is 2. The summed E-state index contributed by atoms with van der Waals surface area (Å²) < 4.78 is 5.36. The number of halogens is 2. The first-order valence-corrected chi connectivity index (χ1v) is 16.1. The zero-order valence-corrected chi connectivity index (χ0v) is 27.1. The lowest BCUT2D eigenvalue weighted by Gasteiger charge is -2.35. The molecule has 14 heteroatoms. The number of thiazole rings is 1. The molecule has 43 heavy (non-hydrogen) atoms. The Morgan fingerprint density at radius 3 is 2.49 bits per heavy atom. The molecule has 2 saturated heterocycles. The lowest BCUT2D eigenvalue weighted by molar-refractivity contribution is 0.0532. The monoisotopic (exact) mass is 646 g/mol. The summed E-state index contributed by atoms with van der Waals surface area (Å²) in [7, 11) is 0. The normalized spacial score (nSPS) is 19.8. The van der Waals surface area contributed by atoms with Crippen LogP contribution in [0.5, 0.6) is 0 Å². The molecule has 2 atom stereocenters. The van der Waals surface area contributed by atoms with Crippen LogP contribution in [-0.2, 0) is 4.74 Å². The molecular weight excluding hydrogens is 611 g/mol. The third kappa shape index (κ3) is 6.87. The quantitative estimate of drug-likeness (QED) is 0.259. The molecule has 5 rings (SSSR count). The minimum Gasteiger partial charge on any atom is -0.462 e. The van der Waals surface area contributed by atoms with Crippen molar-refractivity contribution in [2.45, 2.75) is 34.1 Å². The Hall–Kier alpha value is -3.06. The van der Waals surface area contributed by atoms with E-state index in [1.165, 1.54) is 11.3 Å². The minimum absolute atomic E-state index is 0.0899. The molecule has 0 radical (unpaired) electrons. The first-order valence-electron chi connectivity index (χ1n) is 14.5. The number of H-pyrrole nitrogens is 1. The van der Waals surface area contributed by atoms with E-state index in [0.29, 0.717) is 40.1 Å². The molecule has 5 heterocycles. The van der Waals surface area contributed by atoms with Gasteiger partial charge in [-0.15, -0.1) is 0 Å². The van der Waals surface area contributed by atoms with E-state index >= 15 is 0 Å². The van der Waals surface area contributed by atoms with Gasteiger partial charge in [-0.2, -0.15) is 0 Å². The number of esters is 1. The van der Waals surface area contributed by atoms with E-state index in [9.17, 15) is 9.59 Å². The molecule has 1 amide bonds. The standard InChI is InChI=1S/C29H36Cl2N8O3S/c1-5-37-9-11-38(12-10-37)21-15-32-20(14-33-21)24-26(28(41)42-6-2)43-29(36-24)39-8-7-19(17(3)16-39)13-34-27(40)25-23(31)22(30)18(4)35-25/h13-15,17,19,35H,5-12,16H2,1-4H3/t17-,19?/m0/s1. The van der Waals surface area contributed by atoms with Crippen LogP contribution < -0.4 is 9.80 Å². The van der Waals surface area contributed by atoms with Gasteiger partial charge in [-0.1, -0.05) is 48.4 Å². The summed E-state index contributed by atoms with van der Waals surface area (Å²) in [5.74, 6) is 0.219. The molecule has 0 spiro atoms. The molecule has 0 aromatic carbocycles. The van der Waals surface area contributed by atoms with Crippen molar-refractivity contribution in [3.8, 4) is 11.4 Å². The molecule has 1 unspecified atom stereocenters. The molecule has 11 nitrogen and oxygen atoms in total. The van der Waals surface area contributed by atoms with Crippen LogP contribution in [-0.4, -0.2) is 95.3 Å². The van der Waals surface area contributed by atoms with Gasteiger partial charge in [0.15, 0.2) is 5.13 Å². The Balaban J connectivity index is 1.29. The van der Waals surface area contributed by atoms with Crippen molar-refractivity contribution in [3.05, 3.63) is 38.7 Å². The van der Waals surface area contributed by atoms with Gasteiger partial charge in [-0.05, 0) is 32.7 Å². The molecule has 1 N–H and O–H groups in total. The Morgan fingerprint density at radius 1 is 1.12 bits per heavy atom. The zero-order valence-electron chi connectivity index (χ0n) is 24.8. The summed E-state index contributed by atoms with van der Waals surface area (Å²) in [6.07, 6.45) is 5.92. The van der Waals surface area contributed by atoms with E-state index in [-0.39, 0.29) is 29.2 Å². The fourth-order valence-corrected chi connectivity index (χ4v) is 6.77. The number of anilines is 2. The molecule has 230 valence electrons. The highest BCUT2D eigenvalue weighted by Gasteiger charge is 2.30. The number of amides is 1. The van der Waals surface area contributed by atoms with Gasteiger partial charge in [0.2, 0.25) is 0 Å². The van der Waals surface area contributed by atoms with Gasteiger partial charge in [-0.3, -0.25) is 4.79 Å². The average molecular weight is 648 g/mol. The highest BCUT2D eigenvalue weighted by molar-refractivity contribution is 7.17. The van der Waals surface area contributed by atoms with Gasteiger partial charge in [0.05, 0.1) is 29.0 Å². The number of hydrogen-bond donors (Lipinski definition) is 1. The summed E-state index contributed by atoms with van der Waals surface area (Å²) in [5.41, 5.74) is 1.84. The van der Waals surface area contributed by atoms with E-state index in [2.05, 4.69) is 48.5 Å². The van der Waals surface area contributed by atoms with Crippen molar-refractivity contribution < 1.29 is 14.3 Å². The summed E-state index contributed by atoms with van der Waals surface area (Å²) in [6.45, 7) is 14.3. The Labute approximate surface area is 265 Å². The highest BCUT2D eigenvalue weighted by Crippen LogP contribution is 2.36. The van der Waals surface area contributed by atoms with Crippen LogP contribution in [0.25, 0.3) is 11.4 Å². The van der Waals surface area contributed by atoms with Gasteiger partial charge in [0, 0.05) is 57.1 Å². The number of aromatic amines is 1. The van der Waals surface area contributed by atoms with E-state index < -0.39 is 11.9 Å². The Bertz CT molecular complexity index is 1480. The SMILES string of the molecule is CCOC(=O)c1sc(N2CCC(C=NC(=O)c3[nH]c(C)c(Cl)c3Cl)[C@@H](C)C2)nc1-c1cnc(N2CCN(CC)CC2)cn1. The molecular formula is C29H36Cl2N8O3S. The third-order valence-corrected chi connectivity index (χ3v) is 10.0. The lowest BCUT2D eigenvalue weighted by atomic mass is 9.88. The van der Waals surface area contributed by atoms with Crippen molar-refractivity contribution in [2.24, 2.45) is 16.8 Å². The summed E-state index contributed by atoms with van der Waals surface area (Å²) in [6, 6.07) is 0. The summed E-state index contributed by atoms with van der Waals surface area (Å²) >= 11 is 13.6. The maximum absolute atomic E-state index is 12.9. The van der Waals surface area contributed by atoms with Gasteiger partial charge in [-0.25, -0.2) is 24.7 Å². The number of likely N-dealkylation sites (N-methyl/N-ethyl adjacent to an activating group) is 1. The van der Waals surface area contributed by atoms with Crippen LogP contribution in [0.15, 0.2) is 17.4 Å². The van der Waals surface area contributed by atoms with E-state index in [1.54, 1.807) is 32.5 Å². The third-order valence-electron chi connectivity index (χ3n) is 7.99. The van der Waals surface area contributed by atoms with Crippen LogP contribution in [0.4, 0.5) is 10.9 Å². The molecule has 3 aromatic heterocycles. The van der Waals surface area contributed by atoms with Gasteiger partial charge in [0.25, 0.3) is 5.91 Å². The van der Waals surface area contributed by atoms with E-state index in [4.69, 9.17) is 32.9 Å². The molecule has 2 fully saturated rings. The van der Waals surface area contributed by atoms with Crippen LogP contribution in [0.2, 0.25) is 10.0 Å². The first-order chi connectivity index (χ1) is 20.7. The molecule has 3 aromatic rings. The summed E-state index contributed by atoms with van der Waals surface area (Å²) in [4.78, 5) is 54.1. The van der Waals surface area contributed by atoms with Crippen LogP contribution in [0.3, 0.4) is 0 Å². The predicted octanol–water partition coefficient (Wildman–Crippen LogP) is 5.24. The number of aliphatic imine (C=N–C) groups is 1. The largest absolute Gasteiger partial charge is 0.462 e. The lowest BCUT2D eigenvalue weighted by Crippen LogP contribution is -2.46.